The molecule has 1 atom stereocenters. The van der Waals surface area contributed by atoms with Crippen LogP contribution < -0.4 is 5.32 Å². The van der Waals surface area contributed by atoms with Crippen molar-refractivity contribution in [1.29, 1.82) is 0 Å². The lowest BCUT2D eigenvalue weighted by molar-refractivity contribution is 0.545. The fourth-order valence-corrected chi connectivity index (χ4v) is 2.87. The van der Waals surface area contributed by atoms with E-state index in [1.807, 2.05) is 25.3 Å². The fraction of sp³-hybridized carbons (Fsp3) is 0.286. The molecule has 19 heavy (non-hydrogen) atoms. The van der Waals surface area contributed by atoms with Gasteiger partial charge in [0.25, 0.3) is 0 Å². The summed E-state index contributed by atoms with van der Waals surface area (Å²) in [5.41, 5.74) is 1.21. The molecule has 0 radical (unpaired) electrons. The zero-order valence-corrected chi connectivity index (χ0v) is 12.2. The highest BCUT2D eigenvalue weighted by Gasteiger charge is 2.20. The Morgan fingerprint density at radius 3 is 2.58 bits per heavy atom. The highest BCUT2D eigenvalue weighted by Crippen LogP contribution is 2.30. The van der Waals surface area contributed by atoms with Crippen LogP contribution in [0.5, 0.6) is 0 Å². The first-order valence-electron chi connectivity index (χ1n) is 5.95. The van der Waals surface area contributed by atoms with Crippen LogP contribution in [0.1, 0.15) is 29.0 Å². The highest BCUT2D eigenvalue weighted by molar-refractivity contribution is 7.10. The Morgan fingerprint density at radius 2 is 2.00 bits per heavy atom. The van der Waals surface area contributed by atoms with Gasteiger partial charge >= 0.3 is 0 Å². The Bertz CT molecular complexity index is 583. The molecule has 2 rings (SSSR count). The van der Waals surface area contributed by atoms with E-state index in [-0.39, 0.29) is 16.6 Å². The molecule has 0 amide bonds. The molecule has 102 valence electrons. The van der Waals surface area contributed by atoms with E-state index in [0.29, 0.717) is 6.54 Å². The third-order valence-electron chi connectivity index (χ3n) is 2.84. The molecule has 0 spiro atoms. The SMILES string of the molecule is CCNC(c1csc(C)c1)c1cc(F)c(Cl)cc1F. The summed E-state index contributed by atoms with van der Waals surface area (Å²) in [5.74, 6) is -1.10. The Morgan fingerprint density at radius 1 is 1.26 bits per heavy atom. The van der Waals surface area contributed by atoms with E-state index >= 15 is 0 Å². The minimum Gasteiger partial charge on any atom is -0.306 e. The number of hydrogen-bond acceptors (Lipinski definition) is 2. The normalized spacial score (nSPS) is 12.7. The minimum atomic E-state index is -0.604. The second kappa shape index (κ2) is 5.99. The summed E-state index contributed by atoms with van der Waals surface area (Å²) in [4.78, 5) is 1.13. The van der Waals surface area contributed by atoms with Gasteiger partial charge in [0.2, 0.25) is 0 Å². The first-order valence-corrected chi connectivity index (χ1v) is 7.21. The fourth-order valence-electron chi connectivity index (χ4n) is 1.99. The molecule has 1 aromatic carbocycles. The maximum Gasteiger partial charge on any atom is 0.142 e. The van der Waals surface area contributed by atoms with Gasteiger partial charge in [0.15, 0.2) is 0 Å². The van der Waals surface area contributed by atoms with Gasteiger partial charge in [-0.1, -0.05) is 18.5 Å². The molecule has 0 aliphatic heterocycles. The second-order valence-electron chi connectivity index (χ2n) is 4.27. The smallest absolute Gasteiger partial charge is 0.142 e. The molecule has 1 unspecified atom stereocenters. The van der Waals surface area contributed by atoms with Crippen molar-refractivity contribution < 1.29 is 8.78 Å². The minimum absolute atomic E-state index is 0.196. The number of thiophene rings is 1. The van der Waals surface area contributed by atoms with E-state index in [0.717, 1.165) is 22.6 Å². The number of rotatable bonds is 4. The summed E-state index contributed by atoms with van der Waals surface area (Å²) in [6, 6.07) is 3.80. The lowest BCUT2D eigenvalue weighted by Gasteiger charge is -2.18. The van der Waals surface area contributed by atoms with Crippen molar-refractivity contribution in [2.24, 2.45) is 0 Å². The standard InChI is InChI=1S/C14H14ClF2NS/c1-3-18-14(9-4-8(2)19-7-9)10-5-13(17)11(15)6-12(10)16/h4-7,14,18H,3H2,1-2H3. The lowest BCUT2D eigenvalue weighted by atomic mass is 10.00. The average Bonchev–Trinajstić information content (AvgIpc) is 2.78. The van der Waals surface area contributed by atoms with Crippen LogP contribution in [0.2, 0.25) is 5.02 Å². The summed E-state index contributed by atoms with van der Waals surface area (Å²) >= 11 is 7.17. The van der Waals surface area contributed by atoms with Crippen LogP contribution in [0.4, 0.5) is 8.78 Å². The second-order valence-corrected chi connectivity index (χ2v) is 5.79. The highest BCUT2D eigenvalue weighted by atomic mass is 35.5. The molecular weight excluding hydrogens is 288 g/mol. The van der Waals surface area contributed by atoms with Gasteiger partial charge in [-0.25, -0.2) is 8.78 Å². The first-order chi connectivity index (χ1) is 9.02. The Balaban J connectivity index is 2.47. The molecule has 0 fully saturated rings. The molecule has 2 aromatic rings. The van der Waals surface area contributed by atoms with Crippen LogP contribution in [0.15, 0.2) is 23.6 Å². The van der Waals surface area contributed by atoms with E-state index in [4.69, 9.17) is 11.6 Å². The van der Waals surface area contributed by atoms with Gasteiger partial charge in [0.1, 0.15) is 11.6 Å². The number of benzene rings is 1. The zero-order valence-electron chi connectivity index (χ0n) is 10.6. The summed E-state index contributed by atoms with van der Waals surface area (Å²) in [7, 11) is 0. The van der Waals surface area contributed by atoms with Gasteiger partial charge in [-0.3, -0.25) is 0 Å². The van der Waals surface area contributed by atoms with Crippen LogP contribution in [-0.4, -0.2) is 6.54 Å². The zero-order chi connectivity index (χ0) is 14.0. The summed E-state index contributed by atoms with van der Waals surface area (Å²) in [6.07, 6.45) is 0. The summed E-state index contributed by atoms with van der Waals surface area (Å²) < 4.78 is 27.6. The maximum absolute atomic E-state index is 14.0. The van der Waals surface area contributed by atoms with Crippen LogP contribution in [0.3, 0.4) is 0 Å². The van der Waals surface area contributed by atoms with Crippen LogP contribution in [-0.2, 0) is 0 Å². The first kappa shape index (κ1) is 14.4. The van der Waals surface area contributed by atoms with Gasteiger partial charge in [-0.05, 0) is 42.6 Å². The Labute approximate surface area is 120 Å². The third-order valence-corrected chi connectivity index (χ3v) is 4.01. The van der Waals surface area contributed by atoms with Crippen molar-refractivity contribution in [3.8, 4) is 0 Å². The molecule has 1 N–H and O–H groups in total. The molecule has 0 bridgehead atoms. The van der Waals surface area contributed by atoms with Crippen molar-refractivity contribution in [1.82, 2.24) is 5.32 Å². The number of hydrogen-bond donors (Lipinski definition) is 1. The average molecular weight is 302 g/mol. The molecule has 0 saturated carbocycles. The van der Waals surface area contributed by atoms with Crippen molar-refractivity contribution in [3.05, 3.63) is 56.2 Å². The molecule has 5 heteroatoms. The van der Waals surface area contributed by atoms with E-state index in [1.54, 1.807) is 11.3 Å². The molecule has 0 aliphatic carbocycles. The van der Waals surface area contributed by atoms with E-state index < -0.39 is 11.6 Å². The van der Waals surface area contributed by atoms with Gasteiger partial charge in [-0.2, -0.15) is 0 Å². The Kier molecular flexibility index (Phi) is 4.55. The van der Waals surface area contributed by atoms with Crippen LogP contribution in [0, 0.1) is 18.6 Å². The third kappa shape index (κ3) is 3.14. The summed E-state index contributed by atoms with van der Waals surface area (Å²) in [5, 5.41) is 4.93. The van der Waals surface area contributed by atoms with Crippen LogP contribution >= 0.6 is 22.9 Å². The quantitative estimate of drug-likeness (QED) is 0.808. The monoisotopic (exact) mass is 301 g/mol. The van der Waals surface area contributed by atoms with Gasteiger partial charge in [0.05, 0.1) is 11.1 Å². The van der Waals surface area contributed by atoms with Gasteiger partial charge in [-0.15, -0.1) is 11.3 Å². The van der Waals surface area contributed by atoms with Crippen molar-refractivity contribution >= 4 is 22.9 Å². The number of nitrogens with one attached hydrogen (secondary N) is 1. The molecule has 1 nitrogen and oxygen atoms in total. The van der Waals surface area contributed by atoms with Crippen molar-refractivity contribution in [2.45, 2.75) is 19.9 Å². The summed E-state index contributed by atoms with van der Waals surface area (Å²) in [6.45, 7) is 4.57. The van der Waals surface area contributed by atoms with E-state index in [2.05, 4.69) is 5.32 Å². The Hall–Kier alpha value is -0.970. The van der Waals surface area contributed by atoms with Crippen LogP contribution in [0.25, 0.3) is 0 Å². The number of halogens is 3. The molecule has 1 heterocycles. The van der Waals surface area contributed by atoms with Gasteiger partial charge in [0, 0.05) is 10.4 Å². The largest absolute Gasteiger partial charge is 0.306 e. The predicted octanol–water partition coefficient (Wildman–Crippen LogP) is 4.69. The lowest BCUT2D eigenvalue weighted by Crippen LogP contribution is -2.22. The van der Waals surface area contributed by atoms with Gasteiger partial charge < -0.3 is 5.32 Å². The molecule has 1 aromatic heterocycles. The van der Waals surface area contributed by atoms with Crippen molar-refractivity contribution in [2.75, 3.05) is 6.54 Å². The number of aryl methyl sites for hydroxylation is 1. The maximum atomic E-state index is 14.0. The van der Waals surface area contributed by atoms with E-state index in [1.165, 1.54) is 0 Å². The topological polar surface area (TPSA) is 12.0 Å². The van der Waals surface area contributed by atoms with E-state index in [9.17, 15) is 8.78 Å². The van der Waals surface area contributed by atoms with Crippen molar-refractivity contribution in [3.63, 3.8) is 0 Å². The molecule has 0 aliphatic rings. The predicted molar refractivity (Wildman–Crippen MR) is 75.9 cm³/mol. The molecular formula is C14H14ClF2NS. The molecule has 0 saturated heterocycles.